The van der Waals surface area contributed by atoms with E-state index in [1.165, 1.54) is 49.7 Å². The second-order valence-electron chi connectivity index (χ2n) is 11.8. The SMILES string of the molecule is Cc1cccc(CNC(=O)c2cn(CCCN3[C@@H]4CC[C@H]3C[C@@H](CCc3ccccc3)C4)c3ccccc23)c1. The molecule has 6 rings (SSSR count). The third-order valence-electron chi connectivity index (χ3n) is 9.05. The van der Waals surface area contributed by atoms with Gasteiger partial charge in [-0.25, -0.2) is 0 Å². The van der Waals surface area contributed by atoms with Crippen LogP contribution >= 0.6 is 0 Å². The molecule has 39 heavy (non-hydrogen) atoms. The minimum absolute atomic E-state index is 0.00192. The fourth-order valence-electron chi connectivity index (χ4n) is 7.14. The fraction of sp³-hybridized carbons (Fsp3) is 0.400. The molecule has 202 valence electrons. The molecule has 2 bridgehead atoms. The number of amides is 1. The lowest BCUT2D eigenvalue weighted by molar-refractivity contribution is 0.0952. The number of hydrogen-bond donors (Lipinski definition) is 1. The smallest absolute Gasteiger partial charge is 0.253 e. The predicted octanol–water partition coefficient (Wildman–Crippen LogP) is 7.15. The molecule has 2 aliphatic rings. The van der Waals surface area contributed by atoms with Crippen LogP contribution in [0, 0.1) is 12.8 Å². The molecule has 0 aliphatic carbocycles. The molecule has 0 saturated carbocycles. The van der Waals surface area contributed by atoms with Gasteiger partial charge in [0.15, 0.2) is 0 Å². The van der Waals surface area contributed by atoms with E-state index in [9.17, 15) is 4.79 Å². The van der Waals surface area contributed by atoms with Crippen LogP contribution in [-0.2, 0) is 19.5 Å². The van der Waals surface area contributed by atoms with Gasteiger partial charge in [-0.3, -0.25) is 9.69 Å². The quantitative estimate of drug-likeness (QED) is 0.242. The van der Waals surface area contributed by atoms with Gasteiger partial charge in [-0.05, 0) is 75.0 Å². The summed E-state index contributed by atoms with van der Waals surface area (Å²) >= 11 is 0. The zero-order chi connectivity index (χ0) is 26.6. The van der Waals surface area contributed by atoms with Crippen LogP contribution < -0.4 is 5.32 Å². The Morgan fingerprint density at radius 1 is 0.872 bits per heavy atom. The summed E-state index contributed by atoms with van der Waals surface area (Å²) < 4.78 is 2.30. The lowest BCUT2D eigenvalue weighted by atomic mass is 9.86. The van der Waals surface area contributed by atoms with E-state index in [2.05, 4.69) is 94.6 Å². The highest BCUT2D eigenvalue weighted by Crippen LogP contribution is 2.40. The number of carbonyl (C=O) groups is 1. The van der Waals surface area contributed by atoms with E-state index in [0.29, 0.717) is 6.54 Å². The Morgan fingerprint density at radius 3 is 2.41 bits per heavy atom. The first kappa shape index (κ1) is 25.9. The third-order valence-corrected chi connectivity index (χ3v) is 9.05. The highest BCUT2D eigenvalue weighted by molar-refractivity contribution is 6.07. The number of para-hydroxylation sites is 1. The highest BCUT2D eigenvalue weighted by atomic mass is 16.1. The van der Waals surface area contributed by atoms with Crippen molar-refractivity contribution < 1.29 is 4.79 Å². The van der Waals surface area contributed by atoms with Gasteiger partial charge in [-0.2, -0.15) is 0 Å². The number of fused-ring (bicyclic) bond motifs is 3. The number of hydrogen-bond acceptors (Lipinski definition) is 2. The van der Waals surface area contributed by atoms with Gasteiger partial charge in [0.05, 0.1) is 5.56 Å². The van der Waals surface area contributed by atoms with Gasteiger partial charge < -0.3 is 9.88 Å². The number of nitrogens with one attached hydrogen (secondary N) is 1. The van der Waals surface area contributed by atoms with E-state index in [0.717, 1.165) is 59.5 Å². The first-order valence-electron chi connectivity index (χ1n) is 14.9. The molecule has 2 fully saturated rings. The Labute approximate surface area is 233 Å². The number of rotatable bonds is 10. The Bertz CT molecular complexity index is 1390. The van der Waals surface area contributed by atoms with E-state index >= 15 is 0 Å². The third kappa shape index (κ3) is 5.96. The normalized spacial score (nSPS) is 20.9. The van der Waals surface area contributed by atoms with Crippen molar-refractivity contribution in [2.45, 2.75) is 77.0 Å². The lowest BCUT2D eigenvalue weighted by Crippen LogP contribution is -2.43. The van der Waals surface area contributed by atoms with Gasteiger partial charge >= 0.3 is 0 Å². The summed E-state index contributed by atoms with van der Waals surface area (Å²) in [5.74, 6) is 0.871. The second kappa shape index (κ2) is 11.8. The molecule has 2 aliphatic heterocycles. The molecule has 3 atom stereocenters. The summed E-state index contributed by atoms with van der Waals surface area (Å²) in [7, 11) is 0. The fourth-order valence-corrected chi connectivity index (χ4v) is 7.14. The molecule has 4 nitrogen and oxygen atoms in total. The molecule has 1 amide bonds. The van der Waals surface area contributed by atoms with Gasteiger partial charge in [0.25, 0.3) is 5.91 Å². The molecule has 0 radical (unpaired) electrons. The first-order chi connectivity index (χ1) is 19.1. The van der Waals surface area contributed by atoms with Crippen molar-refractivity contribution in [3.05, 3.63) is 107 Å². The first-order valence-corrected chi connectivity index (χ1v) is 14.9. The number of aryl methyl sites for hydroxylation is 3. The monoisotopic (exact) mass is 519 g/mol. The van der Waals surface area contributed by atoms with Gasteiger partial charge in [0.1, 0.15) is 0 Å². The standard InChI is InChI=1S/C35H41N3O/c1-26-9-7-12-29(21-26)24-36-35(39)33-25-37(34-14-6-5-13-32(33)34)19-8-20-38-30-17-18-31(38)23-28(22-30)16-15-27-10-3-2-4-11-27/h2-7,9-14,21,25,28,30-31H,8,15-20,22-24H2,1H3,(H,36,39)/t28-,30+,31-. The second-order valence-corrected chi connectivity index (χ2v) is 11.8. The van der Waals surface area contributed by atoms with E-state index in [1.807, 2.05) is 12.1 Å². The summed E-state index contributed by atoms with van der Waals surface area (Å²) in [6.45, 7) is 4.73. The molecule has 3 heterocycles. The largest absolute Gasteiger partial charge is 0.348 e. The minimum atomic E-state index is 0.00192. The van der Waals surface area contributed by atoms with Crippen molar-refractivity contribution in [3.63, 3.8) is 0 Å². The van der Waals surface area contributed by atoms with Crippen LogP contribution in [0.2, 0.25) is 0 Å². The van der Waals surface area contributed by atoms with Crippen LogP contribution in [0.15, 0.2) is 85.1 Å². The predicted molar refractivity (Wildman–Crippen MR) is 160 cm³/mol. The van der Waals surface area contributed by atoms with E-state index in [4.69, 9.17) is 0 Å². The van der Waals surface area contributed by atoms with Crippen LogP contribution in [0.4, 0.5) is 0 Å². The lowest BCUT2D eigenvalue weighted by Gasteiger charge is -2.39. The Kier molecular flexibility index (Phi) is 7.83. The highest BCUT2D eigenvalue weighted by Gasteiger charge is 2.39. The number of piperidine rings is 1. The molecule has 3 aromatic carbocycles. The number of nitrogens with zero attached hydrogens (tertiary/aromatic N) is 2. The summed E-state index contributed by atoms with van der Waals surface area (Å²) in [5.41, 5.74) is 5.75. The van der Waals surface area contributed by atoms with Crippen LogP contribution in [0.5, 0.6) is 0 Å². The molecule has 0 spiro atoms. The van der Waals surface area contributed by atoms with Crippen LogP contribution in [0.3, 0.4) is 0 Å². The maximum absolute atomic E-state index is 13.2. The van der Waals surface area contributed by atoms with E-state index in [-0.39, 0.29) is 5.91 Å². The Morgan fingerprint density at radius 2 is 1.62 bits per heavy atom. The summed E-state index contributed by atoms with van der Waals surface area (Å²) in [6.07, 6.45) is 11.2. The van der Waals surface area contributed by atoms with Crippen molar-refractivity contribution >= 4 is 16.8 Å². The Hall–Kier alpha value is -3.37. The average molecular weight is 520 g/mol. The van der Waals surface area contributed by atoms with Gasteiger partial charge in [0.2, 0.25) is 0 Å². The number of aromatic nitrogens is 1. The molecular weight excluding hydrogens is 478 g/mol. The maximum Gasteiger partial charge on any atom is 0.253 e. The van der Waals surface area contributed by atoms with Crippen LogP contribution in [-0.4, -0.2) is 34.0 Å². The summed E-state index contributed by atoms with van der Waals surface area (Å²) in [5, 5.41) is 4.18. The average Bonchev–Trinajstić information content (AvgIpc) is 3.44. The molecule has 0 unspecified atom stereocenters. The topological polar surface area (TPSA) is 37.3 Å². The molecule has 1 N–H and O–H groups in total. The minimum Gasteiger partial charge on any atom is -0.348 e. The van der Waals surface area contributed by atoms with Crippen LogP contribution in [0.25, 0.3) is 10.9 Å². The maximum atomic E-state index is 13.2. The Balaban J connectivity index is 1.05. The molecule has 4 aromatic rings. The van der Waals surface area contributed by atoms with Gasteiger partial charge in [-0.1, -0.05) is 78.4 Å². The van der Waals surface area contributed by atoms with E-state index in [1.54, 1.807) is 0 Å². The van der Waals surface area contributed by atoms with Crippen molar-refractivity contribution in [3.8, 4) is 0 Å². The molecule has 1 aromatic heterocycles. The van der Waals surface area contributed by atoms with Crippen molar-refractivity contribution in [1.29, 1.82) is 0 Å². The molecular formula is C35H41N3O. The van der Waals surface area contributed by atoms with Crippen molar-refractivity contribution in [1.82, 2.24) is 14.8 Å². The van der Waals surface area contributed by atoms with E-state index < -0.39 is 0 Å². The molecule has 2 saturated heterocycles. The van der Waals surface area contributed by atoms with Crippen molar-refractivity contribution in [2.75, 3.05) is 6.54 Å². The van der Waals surface area contributed by atoms with Gasteiger partial charge in [-0.15, -0.1) is 0 Å². The summed E-state index contributed by atoms with van der Waals surface area (Å²) in [4.78, 5) is 16.0. The molecule has 4 heteroatoms. The number of carbonyl (C=O) groups excluding carboxylic acids is 1. The van der Waals surface area contributed by atoms with Gasteiger partial charge in [0, 0.05) is 48.8 Å². The summed E-state index contributed by atoms with van der Waals surface area (Å²) in [6, 6.07) is 29.2. The van der Waals surface area contributed by atoms with Crippen LogP contribution in [0.1, 0.15) is 65.6 Å². The zero-order valence-electron chi connectivity index (χ0n) is 23.2. The zero-order valence-corrected chi connectivity index (χ0v) is 23.2. The number of benzene rings is 3. The van der Waals surface area contributed by atoms with Crippen molar-refractivity contribution in [2.24, 2.45) is 5.92 Å².